The van der Waals surface area contributed by atoms with Gasteiger partial charge in [0.15, 0.2) is 0 Å². The minimum Gasteiger partial charge on any atom is -0.492 e. The number of rotatable bonds is 7. The first-order valence-corrected chi connectivity index (χ1v) is 8.98. The average Bonchev–Trinajstić information content (AvgIpc) is 2.64. The Hall–Kier alpha value is -2.33. The molecule has 0 saturated carbocycles. The van der Waals surface area contributed by atoms with E-state index < -0.39 is 0 Å². The number of likely N-dealkylation sites (tertiary alicyclic amines) is 1. The number of nitrogens with zero attached hydrogens (tertiary/aromatic N) is 1. The lowest BCUT2D eigenvalue weighted by Gasteiger charge is -2.31. The van der Waals surface area contributed by atoms with E-state index in [1.807, 2.05) is 24.3 Å². The number of carbonyl (C=O) groups excluding carboxylic acids is 1. The maximum atomic E-state index is 11.4. The number of ether oxygens (including phenoxy) is 1. The van der Waals surface area contributed by atoms with Crippen LogP contribution in [0.1, 0.15) is 24.0 Å². The third kappa shape index (κ3) is 5.07. The van der Waals surface area contributed by atoms with Crippen molar-refractivity contribution in [3.8, 4) is 5.75 Å². The van der Waals surface area contributed by atoms with Crippen molar-refractivity contribution in [3.63, 3.8) is 0 Å². The molecule has 132 valence electrons. The Morgan fingerprint density at radius 2 is 1.88 bits per heavy atom. The second-order valence-electron chi connectivity index (χ2n) is 6.66. The predicted molar refractivity (Wildman–Crippen MR) is 99.5 cm³/mol. The maximum Gasteiger partial charge on any atom is 0.221 e. The van der Waals surface area contributed by atoms with Crippen molar-refractivity contribution in [2.24, 2.45) is 11.7 Å². The fourth-order valence-electron chi connectivity index (χ4n) is 3.38. The van der Waals surface area contributed by atoms with Crippen LogP contribution in [0.5, 0.6) is 5.75 Å². The summed E-state index contributed by atoms with van der Waals surface area (Å²) in [6.07, 6.45) is 2.80. The summed E-state index contributed by atoms with van der Waals surface area (Å²) in [6, 6.07) is 18.6. The van der Waals surface area contributed by atoms with Crippen molar-refractivity contribution in [1.29, 1.82) is 0 Å². The molecule has 3 rings (SSSR count). The molecule has 4 heteroatoms. The van der Waals surface area contributed by atoms with Crippen LogP contribution in [0.15, 0.2) is 54.6 Å². The van der Waals surface area contributed by atoms with Gasteiger partial charge in [-0.2, -0.15) is 0 Å². The predicted octanol–water partition coefficient (Wildman–Crippen LogP) is 2.85. The van der Waals surface area contributed by atoms with Gasteiger partial charge >= 0.3 is 0 Å². The molecule has 1 fully saturated rings. The number of hydrogen-bond donors (Lipinski definition) is 1. The van der Waals surface area contributed by atoms with Gasteiger partial charge in [-0.3, -0.25) is 9.69 Å². The zero-order valence-electron chi connectivity index (χ0n) is 14.6. The van der Waals surface area contributed by atoms with Crippen molar-refractivity contribution in [2.75, 3.05) is 26.2 Å². The van der Waals surface area contributed by atoms with Gasteiger partial charge in [0.05, 0.1) is 5.92 Å². The molecule has 0 aromatic heterocycles. The smallest absolute Gasteiger partial charge is 0.221 e. The Morgan fingerprint density at radius 1 is 1.12 bits per heavy atom. The van der Waals surface area contributed by atoms with Gasteiger partial charge in [-0.15, -0.1) is 0 Å². The third-order valence-electron chi connectivity index (χ3n) is 4.78. The SMILES string of the molecule is NC(=O)C1CCCN(CCOc2ccccc2Cc2ccccc2)C1. The van der Waals surface area contributed by atoms with Gasteiger partial charge in [0.25, 0.3) is 0 Å². The van der Waals surface area contributed by atoms with Crippen LogP contribution in [0.25, 0.3) is 0 Å². The Bertz CT molecular complexity index is 687. The zero-order valence-corrected chi connectivity index (χ0v) is 14.6. The number of amides is 1. The van der Waals surface area contributed by atoms with Crippen molar-refractivity contribution in [3.05, 3.63) is 65.7 Å². The van der Waals surface area contributed by atoms with Crippen LogP contribution < -0.4 is 10.5 Å². The summed E-state index contributed by atoms with van der Waals surface area (Å²) in [5.74, 6) is 0.743. The van der Waals surface area contributed by atoms with E-state index in [0.29, 0.717) is 6.61 Å². The van der Waals surface area contributed by atoms with Crippen LogP contribution in [0, 0.1) is 5.92 Å². The molecule has 0 bridgehead atoms. The second kappa shape index (κ2) is 8.67. The van der Waals surface area contributed by atoms with Crippen LogP contribution in [0.3, 0.4) is 0 Å². The van der Waals surface area contributed by atoms with Crippen LogP contribution in [-0.2, 0) is 11.2 Å². The summed E-state index contributed by atoms with van der Waals surface area (Å²) in [6.45, 7) is 3.21. The highest BCUT2D eigenvalue weighted by Crippen LogP contribution is 2.22. The molecule has 1 unspecified atom stereocenters. The molecule has 1 saturated heterocycles. The third-order valence-corrected chi connectivity index (χ3v) is 4.78. The first kappa shape index (κ1) is 17.5. The summed E-state index contributed by atoms with van der Waals surface area (Å²) in [5.41, 5.74) is 7.92. The topological polar surface area (TPSA) is 55.6 Å². The molecule has 0 aliphatic carbocycles. The highest BCUT2D eigenvalue weighted by Gasteiger charge is 2.23. The fraction of sp³-hybridized carbons (Fsp3) is 0.381. The zero-order chi connectivity index (χ0) is 17.5. The van der Waals surface area contributed by atoms with Crippen LogP contribution in [0.4, 0.5) is 0 Å². The van der Waals surface area contributed by atoms with Gasteiger partial charge in [-0.25, -0.2) is 0 Å². The number of para-hydroxylation sites is 1. The van der Waals surface area contributed by atoms with Gasteiger partial charge in [0, 0.05) is 19.5 Å². The van der Waals surface area contributed by atoms with Gasteiger partial charge in [-0.1, -0.05) is 48.5 Å². The molecule has 1 aliphatic heterocycles. The Balaban J connectivity index is 1.54. The molecule has 2 aromatic carbocycles. The van der Waals surface area contributed by atoms with E-state index in [9.17, 15) is 4.79 Å². The lowest BCUT2D eigenvalue weighted by Crippen LogP contribution is -2.42. The lowest BCUT2D eigenvalue weighted by atomic mass is 9.98. The van der Waals surface area contributed by atoms with E-state index in [1.165, 1.54) is 11.1 Å². The van der Waals surface area contributed by atoms with Crippen molar-refractivity contribution in [2.45, 2.75) is 19.3 Å². The summed E-state index contributed by atoms with van der Waals surface area (Å²) in [4.78, 5) is 13.7. The Labute approximate surface area is 149 Å². The standard InChI is InChI=1S/C21H26N2O2/c22-21(24)19-10-6-12-23(16-19)13-14-25-20-11-5-4-9-18(20)15-17-7-2-1-3-8-17/h1-5,7-9,11,19H,6,10,12-16H2,(H2,22,24). The van der Waals surface area contributed by atoms with E-state index in [1.54, 1.807) is 0 Å². The number of piperidine rings is 1. The van der Waals surface area contributed by atoms with E-state index in [4.69, 9.17) is 10.5 Å². The first-order valence-electron chi connectivity index (χ1n) is 8.98. The summed E-state index contributed by atoms with van der Waals surface area (Å²) >= 11 is 0. The highest BCUT2D eigenvalue weighted by atomic mass is 16.5. The largest absolute Gasteiger partial charge is 0.492 e. The van der Waals surface area contributed by atoms with Crippen LogP contribution in [0.2, 0.25) is 0 Å². The van der Waals surface area contributed by atoms with Gasteiger partial charge in [-0.05, 0) is 36.6 Å². The molecule has 0 radical (unpaired) electrons. The molecular weight excluding hydrogens is 312 g/mol. The number of primary amides is 1. The second-order valence-corrected chi connectivity index (χ2v) is 6.66. The van der Waals surface area contributed by atoms with Crippen molar-refractivity contribution < 1.29 is 9.53 Å². The van der Waals surface area contributed by atoms with Gasteiger partial charge in [0.1, 0.15) is 12.4 Å². The number of hydrogen-bond acceptors (Lipinski definition) is 3. The molecule has 1 amide bonds. The van der Waals surface area contributed by atoms with Crippen molar-refractivity contribution >= 4 is 5.91 Å². The quantitative estimate of drug-likeness (QED) is 0.844. The lowest BCUT2D eigenvalue weighted by molar-refractivity contribution is -0.123. The van der Waals surface area contributed by atoms with Crippen LogP contribution in [-0.4, -0.2) is 37.0 Å². The highest BCUT2D eigenvalue weighted by molar-refractivity contribution is 5.76. The Kier molecular flexibility index (Phi) is 6.07. The van der Waals surface area contributed by atoms with E-state index in [-0.39, 0.29) is 11.8 Å². The summed E-state index contributed by atoms with van der Waals surface area (Å²) < 4.78 is 6.05. The van der Waals surface area contributed by atoms with Crippen LogP contribution >= 0.6 is 0 Å². The molecule has 1 aliphatic rings. The van der Waals surface area contributed by atoms with E-state index >= 15 is 0 Å². The average molecular weight is 338 g/mol. The molecule has 2 aromatic rings. The molecule has 25 heavy (non-hydrogen) atoms. The maximum absolute atomic E-state index is 11.4. The molecule has 0 spiro atoms. The molecule has 1 atom stereocenters. The normalized spacial score (nSPS) is 18.0. The number of carbonyl (C=O) groups is 1. The summed E-state index contributed by atoms with van der Waals surface area (Å²) in [5, 5.41) is 0. The molecular formula is C21H26N2O2. The molecule has 2 N–H and O–H groups in total. The molecule has 4 nitrogen and oxygen atoms in total. The van der Waals surface area contributed by atoms with E-state index in [2.05, 4.69) is 35.2 Å². The molecule has 1 heterocycles. The fourth-order valence-corrected chi connectivity index (χ4v) is 3.38. The number of benzene rings is 2. The Morgan fingerprint density at radius 3 is 2.68 bits per heavy atom. The minimum atomic E-state index is -0.182. The minimum absolute atomic E-state index is 0.0147. The summed E-state index contributed by atoms with van der Waals surface area (Å²) in [7, 11) is 0. The van der Waals surface area contributed by atoms with Gasteiger partial charge < -0.3 is 10.5 Å². The first-order chi connectivity index (χ1) is 12.2. The van der Waals surface area contributed by atoms with Crippen molar-refractivity contribution in [1.82, 2.24) is 4.90 Å². The van der Waals surface area contributed by atoms with Gasteiger partial charge in [0.2, 0.25) is 5.91 Å². The number of nitrogens with two attached hydrogens (primary N) is 1. The monoisotopic (exact) mass is 338 g/mol. The van der Waals surface area contributed by atoms with E-state index in [0.717, 1.165) is 44.6 Å².